The predicted octanol–water partition coefficient (Wildman–Crippen LogP) is 4.82. The Bertz CT molecular complexity index is 1350. The van der Waals surface area contributed by atoms with Crippen molar-refractivity contribution in [1.29, 1.82) is 0 Å². The van der Waals surface area contributed by atoms with E-state index >= 15 is 0 Å². The average Bonchev–Trinajstić information content (AvgIpc) is 2.83. The Morgan fingerprint density at radius 2 is 1.72 bits per heavy atom. The molecule has 7 nitrogen and oxygen atoms in total. The van der Waals surface area contributed by atoms with Gasteiger partial charge in [0.05, 0.1) is 10.6 Å². The van der Waals surface area contributed by atoms with Gasteiger partial charge in [-0.1, -0.05) is 47.5 Å². The van der Waals surface area contributed by atoms with Crippen LogP contribution in [0.3, 0.4) is 0 Å². The molecule has 0 heterocycles. The van der Waals surface area contributed by atoms with E-state index < -0.39 is 28.1 Å². The van der Waals surface area contributed by atoms with Gasteiger partial charge in [-0.3, -0.25) is 13.9 Å². The number of hydrogen-bond acceptors (Lipinski definition) is 5. The molecule has 0 aliphatic heterocycles. The molecule has 0 radical (unpaired) electrons. The first-order valence-corrected chi connectivity index (χ1v) is 13.1. The zero-order chi connectivity index (χ0) is 26.5. The molecule has 0 saturated carbocycles. The Kier molecular flexibility index (Phi) is 8.43. The molecule has 0 saturated heterocycles. The number of sulfonamides is 1. The summed E-state index contributed by atoms with van der Waals surface area (Å²) < 4.78 is 33.9. The number of nitrogens with zero attached hydrogens (tertiary/aromatic N) is 1. The smallest absolute Gasteiger partial charge is 0.264 e. The molecular weight excluding hydrogens is 500 g/mol. The number of aryl methyl sites for hydroxylation is 1. The molecule has 3 aromatic rings. The number of benzene rings is 3. The van der Waals surface area contributed by atoms with E-state index in [0.29, 0.717) is 28.3 Å². The summed E-state index contributed by atoms with van der Waals surface area (Å²) >= 11 is 6.27. The third-order valence-electron chi connectivity index (χ3n) is 5.46. The summed E-state index contributed by atoms with van der Waals surface area (Å²) in [6.45, 7) is 6.57. The molecule has 190 valence electrons. The first-order chi connectivity index (χ1) is 16.9. The van der Waals surface area contributed by atoms with Gasteiger partial charge >= 0.3 is 0 Å². The number of rotatable bonds is 10. The van der Waals surface area contributed by atoms with E-state index in [1.165, 1.54) is 12.1 Å². The summed E-state index contributed by atoms with van der Waals surface area (Å²) in [6, 6.07) is 18.4. The topological polar surface area (TPSA) is 92.8 Å². The van der Waals surface area contributed by atoms with Gasteiger partial charge in [0, 0.05) is 11.6 Å². The Labute approximate surface area is 217 Å². The quantitative estimate of drug-likeness (QED) is 0.381. The predicted molar refractivity (Wildman–Crippen MR) is 141 cm³/mol. The zero-order valence-corrected chi connectivity index (χ0v) is 22.2. The number of hydrogen-bond donors (Lipinski definition) is 1. The van der Waals surface area contributed by atoms with Crippen LogP contribution in [0.5, 0.6) is 5.75 Å². The number of carbonyl (C=O) groups is 2. The lowest BCUT2D eigenvalue weighted by atomic mass is 10.1. The Morgan fingerprint density at radius 3 is 2.39 bits per heavy atom. The van der Waals surface area contributed by atoms with E-state index in [1.807, 2.05) is 6.92 Å². The summed E-state index contributed by atoms with van der Waals surface area (Å²) in [7, 11) is -4.06. The molecule has 0 unspecified atom stereocenters. The number of aldehydes is 1. The number of amides is 1. The molecule has 9 heteroatoms. The van der Waals surface area contributed by atoms with E-state index in [0.717, 1.165) is 15.4 Å². The van der Waals surface area contributed by atoms with Crippen LogP contribution in [0.2, 0.25) is 5.02 Å². The molecule has 36 heavy (non-hydrogen) atoms. The first-order valence-electron chi connectivity index (χ1n) is 11.3. The van der Waals surface area contributed by atoms with Gasteiger partial charge in [0.2, 0.25) is 5.91 Å². The highest BCUT2D eigenvalue weighted by Crippen LogP contribution is 2.31. The van der Waals surface area contributed by atoms with Crippen molar-refractivity contribution in [2.75, 3.05) is 10.8 Å². The van der Waals surface area contributed by atoms with Gasteiger partial charge in [0.25, 0.3) is 10.0 Å². The van der Waals surface area contributed by atoms with E-state index in [9.17, 15) is 18.0 Å². The number of nitrogens with one attached hydrogen (secondary N) is 1. The van der Waals surface area contributed by atoms with Gasteiger partial charge in [0.1, 0.15) is 12.3 Å². The monoisotopic (exact) mass is 528 g/mol. The second-order valence-corrected chi connectivity index (χ2v) is 11.2. The first kappa shape index (κ1) is 27.2. The Balaban J connectivity index is 1.83. The molecular formula is C27H29ClN2O5S. The number of ether oxygens (including phenoxy) is 1. The van der Waals surface area contributed by atoms with Gasteiger partial charge < -0.3 is 10.1 Å². The molecule has 0 aliphatic rings. The lowest BCUT2D eigenvalue weighted by Crippen LogP contribution is -2.41. The van der Waals surface area contributed by atoms with Gasteiger partial charge in [-0.15, -0.1) is 0 Å². The highest BCUT2D eigenvalue weighted by Gasteiger charge is 2.28. The normalized spacial score (nSPS) is 11.6. The molecule has 0 fully saturated rings. The standard InChI is InChI=1S/C27H29ClN2O5S/c1-19-11-13-23(14-12-19)36(33,34)30(25-10-6-9-24(28)20(25)2)17-26(32)29-16-21-7-5-8-22(15-21)35-27(3,4)18-31/h5-15,18H,16-17H2,1-4H3,(H,29,32). The van der Waals surface area contributed by atoms with E-state index in [-0.39, 0.29) is 11.4 Å². The second kappa shape index (κ2) is 11.1. The minimum Gasteiger partial charge on any atom is -0.480 e. The van der Waals surface area contributed by atoms with Crippen LogP contribution in [-0.4, -0.2) is 32.8 Å². The maximum Gasteiger partial charge on any atom is 0.264 e. The maximum atomic E-state index is 13.6. The van der Waals surface area contributed by atoms with Crippen molar-refractivity contribution in [3.63, 3.8) is 0 Å². The van der Waals surface area contributed by atoms with Crippen molar-refractivity contribution in [2.45, 2.75) is 44.7 Å². The van der Waals surface area contributed by atoms with Crippen molar-refractivity contribution < 1.29 is 22.7 Å². The van der Waals surface area contributed by atoms with Gasteiger partial charge in [-0.25, -0.2) is 8.42 Å². The third kappa shape index (κ3) is 6.65. The maximum absolute atomic E-state index is 13.6. The van der Waals surface area contributed by atoms with Crippen LogP contribution in [0.4, 0.5) is 5.69 Å². The summed E-state index contributed by atoms with van der Waals surface area (Å²) in [6.07, 6.45) is 0.711. The molecule has 3 aromatic carbocycles. The minimum absolute atomic E-state index is 0.0721. The Morgan fingerprint density at radius 1 is 1.06 bits per heavy atom. The van der Waals surface area contributed by atoms with Gasteiger partial charge in [-0.05, 0) is 75.2 Å². The molecule has 0 aromatic heterocycles. The van der Waals surface area contributed by atoms with Crippen molar-refractivity contribution in [3.8, 4) is 5.75 Å². The van der Waals surface area contributed by atoms with E-state index in [4.69, 9.17) is 16.3 Å². The van der Waals surface area contributed by atoms with Crippen molar-refractivity contribution in [3.05, 3.63) is 88.4 Å². The summed E-state index contributed by atoms with van der Waals surface area (Å²) in [4.78, 5) is 24.2. The van der Waals surface area contributed by atoms with Gasteiger partial charge in [-0.2, -0.15) is 0 Å². The van der Waals surface area contributed by atoms with E-state index in [1.54, 1.807) is 75.4 Å². The highest BCUT2D eigenvalue weighted by atomic mass is 35.5. The Hall–Kier alpha value is -3.36. The summed E-state index contributed by atoms with van der Waals surface area (Å²) in [5.41, 5.74) is 1.53. The SMILES string of the molecule is Cc1ccc(S(=O)(=O)N(CC(=O)NCc2cccc(OC(C)(C)C=O)c2)c2cccc(Cl)c2C)cc1. The largest absolute Gasteiger partial charge is 0.480 e. The lowest BCUT2D eigenvalue weighted by molar-refractivity contribution is -0.120. The zero-order valence-electron chi connectivity index (χ0n) is 20.6. The van der Waals surface area contributed by atoms with Crippen LogP contribution in [0.25, 0.3) is 0 Å². The van der Waals surface area contributed by atoms with Crippen molar-refractivity contribution >= 4 is 39.5 Å². The summed E-state index contributed by atoms with van der Waals surface area (Å²) in [5, 5.41) is 3.16. The van der Waals surface area contributed by atoms with Crippen LogP contribution < -0.4 is 14.4 Å². The van der Waals surface area contributed by atoms with Crippen LogP contribution in [0.15, 0.2) is 71.6 Å². The fourth-order valence-electron chi connectivity index (χ4n) is 3.44. The molecule has 1 N–H and O–H groups in total. The molecule has 0 spiro atoms. The van der Waals surface area contributed by atoms with Crippen molar-refractivity contribution in [2.24, 2.45) is 0 Å². The van der Waals surface area contributed by atoms with Gasteiger partial charge in [0.15, 0.2) is 11.9 Å². The van der Waals surface area contributed by atoms with Crippen molar-refractivity contribution in [1.82, 2.24) is 5.32 Å². The van der Waals surface area contributed by atoms with E-state index in [2.05, 4.69) is 5.32 Å². The number of anilines is 1. The second-order valence-electron chi connectivity index (χ2n) is 8.96. The molecule has 0 aliphatic carbocycles. The summed E-state index contributed by atoms with van der Waals surface area (Å²) in [5.74, 6) is -0.0124. The molecule has 3 rings (SSSR count). The molecule has 1 amide bonds. The fourth-order valence-corrected chi connectivity index (χ4v) is 5.09. The third-order valence-corrected chi connectivity index (χ3v) is 7.64. The molecule has 0 bridgehead atoms. The van der Waals surface area contributed by atoms with Crippen LogP contribution in [0.1, 0.15) is 30.5 Å². The minimum atomic E-state index is -4.06. The average molecular weight is 529 g/mol. The number of carbonyl (C=O) groups excluding carboxylic acids is 2. The lowest BCUT2D eigenvalue weighted by Gasteiger charge is -2.26. The van der Waals surface area contributed by atoms with Crippen LogP contribution in [-0.2, 0) is 26.2 Å². The highest BCUT2D eigenvalue weighted by molar-refractivity contribution is 7.92. The number of halogens is 1. The van der Waals surface area contributed by atoms with Crippen LogP contribution in [0, 0.1) is 13.8 Å². The fraction of sp³-hybridized carbons (Fsp3) is 0.259. The van der Waals surface area contributed by atoms with Crippen LogP contribution >= 0.6 is 11.6 Å². The molecule has 0 atom stereocenters.